The van der Waals surface area contributed by atoms with Gasteiger partial charge >= 0.3 is 5.97 Å². The normalized spacial score (nSPS) is 11.7. The van der Waals surface area contributed by atoms with Gasteiger partial charge in [-0.25, -0.2) is 4.79 Å². The molecule has 0 radical (unpaired) electrons. The summed E-state index contributed by atoms with van der Waals surface area (Å²) in [5.41, 5.74) is 1.57. The molecule has 0 fully saturated rings. The van der Waals surface area contributed by atoms with Gasteiger partial charge in [-0.3, -0.25) is 9.59 Å². The van der Waals surface area contributed by atoms with E-state index in [1.54, 1.807) is 47.9 Å². The second-order valence-electron chi connectivity index (χ2n) is 8.10. The predicted molar refractivity (Wildman–Crippen MR) is 134 cm³/mol. The van der Waals surface area contributed by atoms with Gasteiger partial charge in [-0.1, -0.05) is 43.8 Å². The van der Waals surface area contributed by atoms with Gasteiger partial charge < -0.3 is 19.9 Å². The Labute approximate surface area is 208 Å². The molecule has 1 aromatic heterocycles. The van der Waals surface area contributed by atoms with Crippen LogP contribution >= 0.6 is 11.8 Å². The summed E-state index contributed by atoms with van der Waals surface area (Å²) < 4.78 is 6.75. The summed E-state index contributed by atoms with van der Waals surface area (Å²) in [6.45, 7) is 6.04. The molecule has 2 N–H and O–H groups in total. The van der Waals surface area contributed by atoms with Gasteiger partial charge in [-0.15, -0.1) is 10.2 Å². The number of ether oxygens (including phenoxy) is 1. The van der Waals surface area contributed by atoms with Crippen LogP contribution < -0.4 is 10.6 Å². The zero-order valence-electron chi connectivity index (χ0n) is 20.1. The zero-order valence-corrected chi connectivity index (χ0v) is 21.0. The van der Waals surface area contributed by atoms with E-state index in [0.29, 0.717) is 34.4 Å². The van der Waals surface area contributed by atoms with Crippen LogP contribution in [0.1, 0.15) is 53.4 Å². The first-order valence-electron chi connectivity index (χ1n) is 11.2. The standard InChI is InChI=1S/C25H29N5O4S/c1-5-34-24(33)18-11-13-19(14-12-18)26-20(31)15-35-25-29-28-22(30(25)4)21(16(2)3)27-23(32)17-9-7-6-8-10-17/h6-14,16,21H,5,15H2,1-4H3,(H,26,31)(H,27,32)/t21-/m0/s1. The number of hydrogen-bond donors (Lipinski definition) is 2. The van der Waals surface area contributed by atoms with Crippen LogP contribution in [0, 0.1) is 5.92 Å². The van der Waals surface area contributed by atoms with Crippen LogP contribution in [-0.2, 0) is 16.6 Å². The number of hydrogen-bond acceptors (Lipinski definition) is 7. The van der Waals surface area contributed by atoms with E-state index in [4.69, 9.17) is 4.74 Å². The second kappa shape index (κ2) is 12.2. The highest BCUT2D eigenvalue weighted by atomic mass is 32.2. The third-order valence-corrected chi connectivity index (χ3v) is 6.17. The van der Waals surface area contributed by atoms with Gasteiger partial charge in [0.05, 0.1) is 24.0 Å². The second-order valence-corrected chi connectivity index (χ2v) is 9.04. The fraction of sp³-hybridized carbons (Fsp3) is 0.320. The first-order chi connectivity index (χ1) is 16.8. The van der Waals surface area contributed by atoms with Crippen molar-refractivity contribution >= 4 is 35.2 Å². The van der Waals surface area contributed by atoms with Crippen molar-refractivity contribution in [3.05, 3.63) is 71.5 Å². The van der Waals surface area contributed by atoms with Gasteiger partial charge in [0.25, 0.3) is 5.91 Å². The molecule has 184 valence electrons. The van der Waals surface area contributed by atoms with Crippen molar-refractivity contribution in [1.82, 2.24) is 20.1 Å². The minimum atomic E-state index is -0.404. The largest absolute Gasteiger partial charge is 0.462 e. The number of carbonyl (C=O) groups excluding carboxylic acids is 3. The molecule has 0 saturated heterocycles. The average Bonchev–Trinajstić information content (AvgIpc) is 3.21. The highest BCUT2D eigenvalue weighted by Gasteiger charge is 2.25. The molecule has 9 nitrogen and oxygen atoms in total. The van der Waals surface area contributed by atoms with Gasteiger partial charge in [0, 0.05) is 18.3 Å². The fourth-order valence-electron chi connectivity index (χ4n) is 3.30. The van der Waals surface area contributed by atoms with Crippen molar-refractivity contribution in [2.75, 3.05) is 17.7 Å². The maximum absolute atomic E-state index is 12.7. The van der Waals surface area contributed by atoms with Crippen molar-refractivity contribution < 1.29 is 19.1 Å². The lowest BCUT2D eigenvalue weighted by Gasteiger charge is -2.21. The minimum absolute atomic E-state index is 0.0734. The Balaban J connectivity index is 1.60. The summed E-state index contributed by atoms with van der Waals surface area (Å²) in [6, 6.07) is 15.2. The smallest absolute Gasteiger partial charge is 0.338 e. The van der Waals surface area contributed by atoms with E-state index in [-0.39, 0.29) is 29.5 Å². The number of benzene rings is 2. The van der Waals surface area contributed by atoms with Crippen LogP contribution in [0.3, 0.4) is 0 Å². The Morgan fingerprint density at radius 1 is 1.00 bits per heavy atom. The first kappa shape index (κ1) is 26.0. The first-order valence-corrected chi connectivity index (χ1v) is 12.2. The van der Waals surface area contributed by atoms with Crippen LogP contribution in [0.2, 0.25) is 0 Å². The molecule has 10 heteroatoms. The predicted octanol–water partition coefficient (Wildman–Crippen LogP) is 3.85. The van der Waals surface area contributed by atoms with Gasteiger partial charge in [-0.2, -0.15) is 0 Å². The van der Waals surface area contributed by atoms with Crippen LogP contribution in [0.4, 0.5) is 5.69 Å². The summed E-state index contributed by atoms with van der Waals surface area (Å²) in [4.78, 5) is 36.9. The molecular weight excluding hydrogens is 466 g/mol. The molecule has 0 aliphatic heterocycles. The SMILES string of the molecule is CCOC(=O)c1ccc(NC(=O)CSc2nnc([C@@H](NC(=O)c3ccccc3)C(C)C)n2C)cc1. The number of amides is 2. The molecule has 0 spiro atoms. The lowest BCUT2D eigenvalue weighted by molar-refractivity contribution is -0.113. The van der Waals surface area contributed by atoms with Gasteiger partial charge in [0.2, 0.25) is 5.91 Å². The lowest BCUT2D eigenvalue weighted by atomic mass is 10.0. The van der Waals surface area contributed by atoms with E-state index in [9.17, 15) is 14.4 Å². The number of carbonyl (C=O) groups is 3. The van der Waals surface area contributed by atoms with Gasteiger partial charge in [-0.05, 0) is 49.2 Å². The quantitative estimate of drug-likeness (QED) is 0.324. The Morgan fingerprint density at radius 3 is 2.31 bits per heavy atom. The number of rotatable bonds is 10. The molecular formula is C25H29N5O4S. The Kier molecular flexibility index (Phi) is 9.02. The maximum Gasteiger partial charge on any atom is 0.338 e. The molecule has 3 aromatic rings. The van der Waals surface area contributed by atoms with Crippen molar-refractivity contribution in [2.45, 2.75) is 32.0 Å². The summed E-state index contributed by atoms with van der Waals surface area (Å²) in [7, 11) is 1.81. The highest BCUT2D eigenvalue weighted by Crippen LogP contribution is 2.24. The molecule has 35 heavy (non-hydrogen) atoms. The molecule has 3 rings (SSSR count). The Bertz CT molecular complexity index is 1160. The molecule has 0 unspecified atom stereocenters. The zero-order chi connectivity index (χ0) is 25.4. The van der Waals surface area contributed by atoms with Crippen molar-refractivity contribution in [1.29, 1.82) is 0 Å². The molecule has 0 saturated carbocycles. The number of nitrogens with zero attached hydrogens (tertiary/aromatic N) is 3. The number of thioether (sulfide) groups is 1. The number of aromatic nitrogens is 3. The minimum Gasteiger partial charge on any atom is -0.462 e. The van der Waals surface area contributed by atoms with E-state index in [1.807, 2.05) is 39.1 Å². The number of anilines is 1. The molecule has 1 atom stereocenters. The van der Waals surface area contributed by atoms with Gasteiger partial charge in [0.1, 0.15) is 0 Å². The van der Waals surface area contributed by atoms with Crippen LogP contribution in [0.15, 0.2) is 59.8 Å². The summed E-state index contributed by atoms with van der Waals surface area (Å²) >= 11 is 1.24. The molecule has 0 bridgehead atoms. The topological polar surface area (TPSA) is 115 Å². The molecule has 1 heterocycles. The molecule has 2 aromatic carbocycles. The van der Waals surface area contributed by atoms with E-state index in [0.717, 1.165) is 0 Å². The molecule has 0 aliphatic rings. The fourth-order valence-corrected chi connectivity index (χ4v) is 4.02. The van der Waals surface area contributed by atoms with Gasteiger partial charge in [0.15, 0.2) is 11.0 Å². The summed E-state index contributed by atoms with van der Waals surface area (Å²) in [5, 5.41) is 14.9. The lowest BCUT2D eigenvalue weighted by Crippen LogP contribution is -2.33. The van der Waals surface area contributed by atoms with Crippen molar-refractivity contribution in [3.63, 3.8) is 0 Å². The average molecular weight is 496 g/mol. The Hall–Kier alpha value is -3.66. The van der Waals surface area contributed by atoms with Crippen molar-refractivity contribution in [2.24, 2.45) is 13.0 Å². The van der Waals surface area contributed by atoms with Crippen LogP contribution in [0.25, 0.3) is 0 Å². The van der Waals surface area contributed by atoms with E-state index < -0.39 is 5.97 Å². The maximum atomic E-state index is 12.7. The third-order valence-electron chi connectivity index (χ3n) is 5.15. The highest BCUT2D eigenvalue weighted by molar-refractivity contribution is 7.99. The summed E-state index contributed by atoms with van der Waals surface area (Å²) in [6.07, 6.45) is 0. The van der Waals surface area contributed by atoms with Crippen molar-refractivity contribution in [3.8, 4) is 0 Å². The Morgan fingerprint density at radius 2 is 1.69 bits per heavy atom. The van der Waals surface area contributed by atoms with E-state index >= 15 is 0 Å². The van der Waals surface area contributed by atoms with Crippen LogP contribution in [0.5, 0.6) is 0 Å². The van der Waals surface area contributed by atoms with E-state index in [1.165, 1.54) is 11.8 Å². The monoisotopic (exact) mass is 495 g/mol. The molecule has 2 amide bonds. The number of nitrogens with one attached hydrogen (secondary N) is 2. The summed E-state index contributed by atoms with van der Waals surface area (Å²) in [5.74, 6) is -0.00490. The third kappa shape index (κ3) is 6.92. The number of esters is 1. The molecule has 0 aliphatic carbocycles. The van der Waals surface area contributed by atoms with Crippen LogP contribution in [-0.4, -0.2) is 44.9 Å². The van der Waals surface area contributed by atoms with E-state index in [2.05, 4.69) is 20.8 Å².